The molecule has 0 aromatic carbocycles. The van der Waals surface area contributed by atoms with E-state index in [1.54, 1.807) is 0 Å². The molecule has 0 fully saturated rings. The smallest absolute Gasteiger partial charge is 0.0389 e. The van der Waals surface area contributed by atoms with E-state index < -0.39 is 0 Å². The van der Waals surface area contributed by atoms with Gasteiger partial charge in [0.1, 0.15) is 0 Å². The molecular weight excluding hydrogens is 204 g/mol. The van der Waals surface area contributed by atoms with Crippen LogP contribution in [0, 0.1) is 0 Å². The molecule has 60 valence electrons. The van der Waals surface area contributed by atoms with Gasteiger partial charge in [0.2, 0.25) is 0 Å². The molecule has 0 spiro atoms. The highest BCUT2D eigenvalue weighted by Crippen LogP contribution is 2.11. The first-order chi connectivity index (χ1) is 5.33. The Balaban J connectivity index is 2.50. The van der Waals surface area contributed by atoms with Gasteiger partial charge >= 0.3 is 0 Å². The summed E-state index contributed by atoms with van der Waals surface area (Å²) in [6.45, 7) is 0.899. The largest absolute Gasteiger partial charge is 0.361 e. The molecule has 1 aromatic rings. The lowest BCUT2D eigenvalue weighted by Crippen LogP contribution is -2.03. The average molecular weight is 215 g/mol. The third-order valence-electron chi connectivity index (χ3n) is 1.29. The van der Waals surface area contributed by atoms with Gasteiger partial charge in [-0.3, -0.25) is 0 Å². The van der Waals surface area contributed by atoms with Crippen molar-refractivity contribution in [3.63, 3.8) is 0 Å². The van der Waals surface area contributed by atoms with Crippen molar-refractivity contribution >= 4 is 22.0 Å². The Morgan fingerprint density at radius 3 is 3.09 bits per heavy atom. The molecule has 0 saturated carbocycles. The number of rotatable bonds is 3. The number of nitrogens with one attached hydrogen (secondary N) is 2. The number of H-pyrrole nitrogens is 1. The Morgan fingerprint density at radius 1 is 1.73 bits per heavy atom. The van der Waals surface area contributed by atoms with Crippen molar-refractivity contribution in [3.05, 3.63) is 28.5 Å². The minimum atomic E-state index is 0.899. The van der Waals surface area contributed by atoms with E-state index in [4.69, 9.17) is 0 Å². The van der Waals surface area contributed by atoms with Crippen molar-refractivity contribution < 1.29 is 0 Å². The highest BCUT2D eigenvalue weighted by Gasteiger charge is 1.89. The van der Waals surface area contributed by atoms with Gasteiger partial charge in [0, 0.05) is 22.9 Å². The van der Waals surface area contributed by atoms with Gasteiger partial charge in [0.25, 0.3) is 0 Å². The standard InChI is InChI=1S/C8H11BrN2/c1-10-4-2-3-8-5-7(9)6-11-8/h2-3,5-6,10-11H,4H2,1H3. The van der Waals surface area contributed by atoms with E-state index in [0.717, 1.165) is 16.7 Å². The highest BCUT2D eigenvalue weighted by atomic mass is 79.9. The van der Waals surface area contributed by atoms with E-state index in [1.165, 1.54) is 0 Å². The molecule has 1 aromatic heterocycles. The van der Waals surface area contributed by atoms with Gasteiger partial charge in [0.05, 0.1) is 0 Å². The van der Waals surface area contributed by atoms with Gasteiger partial charge in [0.15, 0.2) is 0 Å². The fourth-order valence-corrected chi connectivity index (χ4v) is 1.15. The van der Waals surface area contributed by atoms with Crippen LogP contribution in [0.2, 0.25) is 0 Å². The second-order valence-corrected chi connectivity index (χ2v) is 3.15. The maximum Gasteiger partial charge on any atom is 0.0389 e. The third-order valence-corrected chi connectivity index (χ3v) is 1.75. The SMILES string of the molecule is CNCC=Cc1cc(Br)c[nH]1. The number of hydrogen-bond donors (Lipinski definition) is 2. The van der Waals surface area contributed by atoms with Gasteiger partial charge in [-0.2, -0.15) is 0 Å². The summed E-state index contributed by atoms with van der Waals surface area (Å²) in [5.74, 6) is 0. The molecule has 0 amide bonds. The predicted molar refractivity (Wildman–Crippen MR) is 51.5 cm³/mol. The molecule has 0 bridgehead atoms. The maximum atomic E-state index is 3.36. The number of likely N-dealkylation sites (N-methyl/N-ethyl adjacent to an activating group) is 1. The van der Waals surface area contributed by atoms with E-state index in [9.17, 15) is 0 Å². The molecule has 3 heteroatoms. The second-order valence-electron chi connectivity index (χ2n) is 2.23. The quantitative estimate of drug-likeness (QED) is 0.792. The predicted octanol–water partition coefficient (Wildman–Crippen LogP) is 2.01. The fraction of sp³-hybridized carbons (Fsp3) is 0.250. The van der Waals surface area contributed by atoms with E-state index in [-0.39, 0.29) is 0 Å². The molecule has 2 N–H and O–H groups in total. The number of aromatic nitrogens is 1. The summed E-state index contributed by atoms with van der Waals surface area (Å²) >= 11 is 3.36. The van der Waals surface area contributed by atoms with Crippen LogP contribution in [0.15, 0.2) is 22.8 Å². The van der Waals surface area contributed by atoms with Crippen LogP contribution in [-0.2, 0) is 0 Å². The lowest BCUT2D eigenvalue weighted by Gasteiger charge is -1.86. The zero-order chi connectivity index (χ0) is 8.10. The zero-order valence-corrected chi connectivity index (χ0v) is 7.98. The minimum absolute atomic E-state index is 0.899. The van der Waals surface area contributed by atoms with Crippen molar-refractivity contribution in [2.75, 3.05) is 13.6 Å². The molecule has 0 radical (unpaired) electrons. The molecule has 0 aliphatic carbocycles. The summed E-state index contributed by atoms with van der Waals surface area (Å²) in [7, 11) is 1.93. The van der Waals surface area contributed by atoms with Gasteiger partial charge in [-0.1, -0.05) is 6.08 Å². The van der Waals surface area contributed by atoms with Gasteiger partial charge in [-0.25, -0.2) is 0 Å². The molecule has 1 heterocycles. The van der Waals surface area contributed by atoms with E-state index in [0.29, 0.717) is 0 Å². The van der Waals surface area contributed by atoms with Crippen LogP contribution in [0.25, 0.3) is 6.08 Å². The molecular formula is C8H11BrN2. The summed E-state index contributed by atoms with van der Waals surface area (Å²) in [6, 6.07) is 2.03. The van der Waals surface area contributed by atoms with Gasteiger partial charge in [-0.05, 0) is 35.1 Å². The molecule has 1 rings (SSSR count). The zero-order valence-electron chi connectivity index (χ0n) is 6.39. The van der Waals surface area contributed by atoms with Gasteiger partial charge < -0.3 is 10.3 Å². The number of aromatic amines is 1. The lowest BCUT2D eigenvalue weighted by atomic mass is 10.4. The maximum absolute atomic E-state index is 3.36. The third kappa shape index (κ3) is 2.91. The highest BCUT2D eigenvalue weighted by molar-refractivity contribution is 9.10. The molecule has 0 unspecified atom stereocenters. The molecule has 0 aliphatic heterocycles. The summed E-state index contributed by atoms with van der Waals surface area (Å²) in [6.07, 6.45) is 6.03. The summed E-state index contributed by atoms with van der Waals surface area (Å²) in [4.78, 5) is 3.10. The van der Waals surface area contributed by atoms with Crippen LogP contribution >= 0.6 is 15.9 Å². The van der Waals surface area contributed by atoms with E-state index >= 15 is 0 Å². The van der Waals surface area contributed by atoms with Crippen molar-refractivity contribution in [2.45, 2.75) is 0 Å². The molecule has 0 aliphatic rings. The summed E-state index contributed by atoms with van der Waals surface area (Å²) < 4.78 is 1.08. The average Bonchev–Trinajstić information content (AvgIpc) is 2.37. The summed E-state index contributed by atoms with van der Waals surface area (Å²) in [5.41, 5.74) is 1.12. The first kappa shape index (κ1) is 8.56. The van der Waals surface area contributed by atoms with Crippen molar-refractivity contribution in [2.24, 2.45) is 0 Å². The van der Waals surface area contributed by atoms with Crippen molar-refractivity contribution in [3.8, 4) is 0 Å². The van der Waals surface area contributed by atoms with E-state index in [1.807, 2.05) is 25.4 Å². The topological polar surface area (TPSA) is 27.8 Å². The molecule has 0 saturated heterocycles. The van der Waals surface area contributed by atoms with Crippen molar-refractivity contribution in [1.29, 1.82) is 0 Å². The van der Waals surface area contributed by atoms with Crippen LogP contribution in [0.4, 0.5) is 0 Å². The Hall–Kier alpha value is -0.540. The van der Waals surface area contributed by atoms with Crippen molar-refractivity contribution in [1.82, 2.24) is 10.3 Å². The first-order valence-corrected chi connectivity index (χ1v) is 4.27. The Kier molecular flexibility index (Phi) is 3.39. The second kappa shape index (κ2) is 4.36. The van der Waals surface area contributed by atoms with Gasteiger partial charge in [-0.15, -0.1) is 0 Å². The Bertz CT molecular complexity index is 240. The van der Waals surface area contributed by atoms with Crippen LogP contribution in [0.5, 0.6) is 0 Å². The monoisotopic (exact) mass is 214 g/mol. The molecule has 2 nitrogen and oxygen atoms in total. The number of hydrogen-bond acceptors (Lipinski definition) is 1. The Labute approximate surface area is 74.8 Å². The molecule has 0 atom stereocenters. The summed E-state index contributed by atoms with van der Waals surface area (Å²) in [5, 5.41) is 3.03. The fourth-order valence-electron chi connectivity index (χ4n) is 0.784. The normalized spacial score (nSPS) is 11.1. The minimum Gasteiger partial charge on any atom is -0.361 e. The van der Waals surface area contributed by atoms with Crippen LogP contribution < -0.4 is 5.32 Å². The molecule has 11 heavy (non-hydrogen) atoms. The Morgan fingerprint density at radius 2 is 2.55 bits per heavy atom. The van der Waals surface area contributed by atoms with Crippen LogP contribution in [0.3, 0.4) is 0 Å². The lowest BCUT2D eigenvalue weighted by molar-refractivity contribution is 0.922. The van der Waals surface area contributed by atoms with Crippen LogP contribution in [-0.4, -0.2) is 18.6 Å². The number of halogens is 1. The van der Waals surface area contributed by atoms with E-state index in [2.05, 4.69) is 32.3 Å². The first-order valence-electron chi connectivity index (χ1n) is 3.48. The van der Waals surface area contributed by atoms with Crippen LogP contribution in [0.1, 0.15) is 5.69 Å².